The Hall–Kier alpha value is -3.34. The van der Waals surface area contributed by atoms with E-state index in [2.05, 4.69) is 44.3 Å². The highest BCUT2D eigenvalue weighted by Crippen LogP contribution is 2.26. The molecule has 37 heavy (non-hydrogen) atoms. The lowest BCUT2D eigenvalue weighted by Gasteiger charge is -2.23. The minimum absolute atomic E-state index is 0.0244. The van der Waals surface area contributed by atoms with Crippen LogP contribution in [0.5, 0.6) is 6.01 Å². The van der Waals surface area contributed by atoms with Crippen molar-refractivity contribution in [1.29, 1.82) is 0 Å². The van der Waals surface area contributed by atoms with E-state index in [-0.39, 0.29) is 17.9 Å². The number of anilines is 1. The smallest absolute Gasteiger partial charge is 0.316 e. The van der Waals surface area contributed by atoms with Gasteiger partial charge in [-0.15, -0.1) is 0 Å². The van der Waals surface area contributed by atoms with Crippen molar-refractivity contribution in [2.45, 2.75) is 57.6 Å². The minimum Gasteiger partial charge on any atom is -0.464 e. The van der Waals surface area contributed by atoms with Gasteiger partial charge in [-0.25, -0.2) is 15.0 Å². The third-order valence-electron chi connectivity index (χ3n) is 5.47. The lowest BCUT2D eigenvalue weighted by atomic mass is 10.1. The van der Waals surface area contributed by atoms with Crippen molar-refractivity contribution in [3.63, 3.8) is 0 Å². The molecule has 1 amide bonds. The predicted molar refractivity (Wildman–Crippen MR) is 142 cm³/mol. The second-order valence-electron chi connectivity index (χ2n) is 8.97. The number of aromatic nitrogens is 5. The Bertz CT molecular complexity index is 1180. The largest absolute Gasteiger partial charge is 0.464 e. The lowest BCUT2D eigenvalue weighted by molar-refractivity contribution is -0.115. The molecule has 3 rings (SSSR count). The Morgan fingerprint density at radius 3 is 2.59 bits per heavy atom. The van der Waals surface area contributed by atoms with Gasteiger partial charge in [0.15, 0.2) is 5.82 Å². The van der Waals surface area contributed by atoms with Gasteiger partial charge < -0.3 is 9.26 Å². The molecule has 0 aliphatic carbocycles. The Morgan fingerprint density at radius 2 is 1.95 bits per heavy atom. The first-order valence-electron chi connectivity index (χ1n) is 12.2. The Labute approximate surface area is 222 Å². The highest BCUT2D eigenvalue weighted by Gasteiger charge is 2.23. The summed E-state index contributed by atoms with van der Waals surface area (Å²) in [4.78, 5) is 31.9. The van der Waals surface area contributed by atoms with E-state index in [4.69, 9.17) is 9.26 Å². The van der Waals surface area contributed by atoms with Crippen molar-refractivity contribution >= 4 is 24.4 Å². The Balaban J connectivity index is 1.68. The number of amides is 1. The molecule has 0 atom stereocenters. The van der Waals surface area contributed by atoms with Gasteiger partial charge in [0.2, 0.25) is 5.89 Å². The number of thiol groups is 1. The average molecular weight is 529 g/mol. The average Bonchev–Trinajstić information content (AvgIpc) is 3.36. The molecule has 3 aromatic heterocycles. The number of halogens is 1. The summed E-state index contributed by atoms with van der Waals surface area (Å²) in [6.07, 6.45) is 7.90. The van der Waals surface area contributed by atoms with Crippen LogP contribution in [-0.4, -0.2) is 50.8 Å². The number of aryl methyl sites for hydroxylation is 1. The van der Waals surface area contributed by atoms with Gasteiger partial charge in [-0.1, -0.05) is 18.2 Å². The van der Waals surface area contributed by atoms with Crippen molar-refractivity contribution in [2.24, 2.45) is 0 Å². The Kier molecular flexibility index (Phi) is 10.1. The molecule has 0 spiro atoms. The number of hydrogen-bond donors (Lipinski definition) is 1. The van der Waals surface area contributed by atoms with Crippen LogP contribution in [-0.2, 0) is 16.0 Å². The van der Waals surface area contributed by atoms with Gasteiger partial charge in [0.05, 0.1) is 18.0 Å². The first-order chi connectivity index (χ1) is 17.7. The number of carbonyl (C=O) groups is 1. The summed E-state index contributed by atoms with van der Waals surface area (Å²) in [7, 11) is 0. The van der Waals surface area contributed by atoms with Gasteiger partial charge in [0.1, 0.15) is 5.82 Å². The summed E-state index contributed by atoms with van der Waals surface area (Å²) < 4.78 is 23.0. The standard InChI is InChI=1S/C26H33FN6O3S/c1-5-35-25-29-16-20(17-30-25)19-11-13-28-22(15-19)33(23(34)18(2)10-12-27)14-8-6-7-9-21-31-24(36-32-21)26(3,4)37/h11,13,15-17,37H,2,5-10,12,14H2,1,3-4H3. The number of hydrogen-bond acceptors (Lipinski definition) is 9. The molecule has 11 heteroatoms. The van der Waals surface area contributed by atoms with Crippen LogP contribution in [0, 0.1) is 0 Å². The molecule has 0 fully saturated rings. The third kappa shape index (κ3) is 8.08. The summed E-state index contributed by atoms with van der Waals surface area (Å²) in [5.41, 5.74) is 1.75. The van der Waals surface area contributed by atoms with Gasteiger partial charge in [-0.2, -0.15) is 17.6 Å². The highest BCUT2D eigenvalue weighted by molar-refractivity contribution is 7.81. The van der Waals surface area contributed by atoms with Crippen LogP contribution < -0.4 is 9.64 Å². The molecular weight excluding hydrogens is 495 g/mol. The summed E-state index contributed by atoms with van der Waals surface area (Å²) in [6, 6.07) is 3.90. The molecule has 0 saturated heterocycles. The quantitative estimate of drug-likeness (QED) is 0.174. The van der Waals surface area contributed by atoms with Gasteiger partial charge in [0, 0.05) is 49.1 Å². The topological polar surface area (TPSA) is 107 Å². The molecule has 0 saturated carbocycles. The summed E-state index contributed by atoms with van der Waals surface area (Å²) >= 11 is 4.45. The second kappa shape index (κ2) is 13.3. The molecule has 0 aliphatic heterocycles. The van der Waals surface area contributed by atoms with Crippen molar-refractivity contribution < 1.29 is 18.4 Å². The normalized spacial score (nSPS) is 11.4. The number of carbonyl (C=O) groups excluding carboxylic acids is 1. The molecule has 0 N–H and O–H groups in total. The van der Waals surface area contributed by atoms with Crippen LogP contribution in [0.4, 0.5) is 10.2 Å². The maximum atomic E-state index is 13.1. The summed E-state index contributed by atoms with van der Waals surface area (Å²) in [5.74, 6) is 1.23. The van der Waals surface area contributed by atoms with E-state index >= 15 is 0 Å². The Morgan fingerprint density at radius 1 is 1.19 bits per heavy atom. The van der Waals surface area contributed by atoms with Crippen molar-refractivity contribution in [1.82, 2.24) is 25.1 Å². The lowest BCUT2D eigenvalue weighted by Crippen LogP contribution is -2.33. The monoisotopic (exact) mass is 528 g/mol. The van der Waals surface area contributed by atoms with Crippen molar-refractivity contribution in [2.75, 3.05) is 24.7 Å². The fourth-order valence-electron chi connectivity index (χ4n) is 3.48. The zero-order chi connectivity index (χ0) is 26.8. The van der Waals surface area contributed by atoms with E-state index in [1.54, 1.807) is 29.6 Å². The number of alkyl halides is 1. The third-order valence-corrected chi connectivity index (χ3v) is 5.67. The molecule has 0 aliphatic rings. The van der Waals surface area contributed by atoms with Crippen LogP contribution in [0.25, 0.3) is 11.1 Å². The first-order valence-corrected chi connectivity index (χ1v) is 12.7. The molecule has 0 bridgehead atoms. The SMILES string of the molecule is C=C(CCF)C(=O)N(CCCCCc1noc(C(C)(C)S)n1)c1cc(-c2cnc(OCC)nc2)ccn1. The predicted octanol–water partition coefficient (Wildman–Crippen LogP) is 5.15. The number of unbranched alkanes of at least 4 members (excludes halogenated alkanes) is 2. The van der Waals surface area contributed by atoms with Crippen LogP contribution in [0.15, 0.2) is 47.4 Å². The van der Waals surface area contributed by atoms with E-state index in [9.17, 15) is 9.18 Å². The van der Waals surface area contributed by atoms with Crippen molar-refractivity contribution in [3.05, 3.63) is 54.6 Å². The molecule has 198 valence electrons. The van der Waals surface area contributed by atoms with E-state index < -0.39 is 11.4 Å². The molecule has 0 unspecified atom stereocenters. The fraction of sp³-hybridized carbons (Fsp3) is 0.462. The van der Waals surface area contributed by atoms with Gasteiger partial charge in [-0.3, -0.25) is 14.1 Å². The van der Waals surface area contributed by atoms with Crippen LogP contribution in [0.1, 0.15) is 58.2 Å². The van der Waals surface area contributed by atoms with Crippen molar-refractivity contribution in [3.8, 4) is 17.1 Å². The van der Waals surface area contributed by atoms with E-state index in [1.807, 2.05) is 26.8 Å². The summed E-state index contributed by atoms with van der Waals surface area (Å²) in [6.45, 7) is 9.65. The maximum Gasteiger partial charge on any atom is 0.316 e. The molecule has 0 aromatic carbocycles. The van der Waals surface area contributed by atoms with E-state index in [1.165, 1.54) is 0 Å². The number of nitrogens with zero attached hydrogens (tertiary/aromatic N) is 6. The van der Waals surface area contributed by atoms with Gasteiger partial charge in [0.25, 0.3) is 5.91 Å². The minimum atomic E-state index is -0.648. The first kappa shape index (κ1) is 28.2. The second-order valence-corrected chi connectivity index (χ2v) is 10.1. The number of rotatable bonds is 14. The van der Waals surface area contributed by atoms with Gasteiger partial charge >= 0.3 is 6.01 Å². The van der Waals surface area contributed by atoms with Crippen LogP contribution >= 0.6 is 12.6 Å². The molecule has 0 radical (unpaired) electrons. The zero-order valence-corrected chi connectivity index (χ0v) is 22.4. The molecule has 3 heterocycles. The summed E-state index contributed by atoms with van der Waals surface area (Å²) in [5, 5.41) is 4.01. The fourth-order valence-corrected chi connectivity index (χ4v) is 3.57. The zero-order valence-electron chi connectivity index (χ0n) is 21.5. The van der Waals surface area contributed by atoms with E-state index in [0.29, 0.717) is 49.5 Å². The molecular formula is C26H33FN6O3S. The maximum absolute atomic E-state index is 13.1. The molecule has 9 nitrogen and oxygen atoms in total. The van der Waals surface area contributed by atoms with E-state index in [0.717, 1.165) is 24.0 Å². The molecule has 3 aromatic rings. The highest BCUT2D eigenvalue weighted by atomic mass is 32.1. The van der Waals surface area contributed by atoms with Gasteiger partial charge in [-0.05, 0) is 51.3 Å². The number of ether oxygens (including phenoxy) is 1. The van der Waals surface area contributed by atoms with Crippen LogP contribution in [0.2, 0.25) is 0 Å². The number of pyridine rings is 1. The van der Waals surface area contributed by atoms with Crippen LogP contribution in [0.3, 0.4) is 0 Å².